The van der Waals surface area contributed by atoms with Crippen molar-refractivity contribution >= 4 is 40.3 Å². The topological polar surface area (TPSA) is 38.1 Å². The molecule has 1 aliphatic rings. The fourth-order valence-corrected chi connectivity index (χ4v) is 5.40. The quantitative estimate of drug-likeness (QED) is 0.312. The number of thiocarbonyl (C=S) groups is 1. The van der Waals surface area contributed by atoms with E-state index in [1.54, 1.807) is 4.90 Å². The van der Waals surface area contributed by atoms with Gasteiger partial charge in [0.1, 0.15) is 10.0 Å². The number of thioether (sulfide) groups is 1. The van der Waals surface area contributed by atoms with Crippen LogP contribution < -0.4 is 0 Å². The van der Waals surface area contributed by atoms with Gasteiger partial charge in [0, 0.05) is 23.9 Å². The number of unbranched alkanes of at least 4 members (excludes halogenated alkanes) is 1. The first-order chi connectivity index (χ1) is 15.4. The van der Waals surface area contributed by atoms with Crippen molar-refractivity contribution in [2.75, 3.05) is 6.54 Å². The highest BCUT2D eigenvalue weighted by Gasteiger charge is 2.32. The summed E-state index contributed by atoms with van der Waals surface area (Å²) in [5, 5.41) is 4.96. The zero-order valence-corrected chi connectivity index (χ0v) is 20.5. The van der Waals surface area contributed by atoms with E-state index in [1.165, 1.54) is 28.5 Å². The summed E-state index contributed by atoms with van der Waals surface area (Å²) in [6.07, 6.45) is 5.92. The number of hydrogen-bond acceptors (Lipinski definition) is 4. The molecule has 0 unspecified atom stereocenters. The van der Waals surface area contributed by atoms with Crippen LogP contribution in [0, 0.1) is 20.8 Å². The van der Waals surface area contributed by atoms with Gasteiger partial charge in [0.2, 0.25) is 0 Å². The van der Waals surface area contributed by atoms with Crippen LogP contribution in [-0.4, -0.2) is 31.5 Å². The van der Waals surface area contributed by atoms with Crippen LogP contribution in [0.3, 0.4) is 0 Å². The second kappa shape index (κ2) is 9.43. The normalized spacial score (nSPS) is 15.2. The third kappa shape index (κ3) is 4.43. The third-order valence-corrected chi connectivity index (χ3v) is 6.95. The number of hydrogen-bond donors (Lipinski definition) is 0. The molecule has 4 nitrogen and oxygen atoms in total. The molecule has 1 aliphatic heterocycles. The molecule has 3 aromatic rings. The van der Waals surface area contributed by atoms with Crippen LogP contribution in [0.15, 0.2) is 53.6 Å². The average molecular weight is 462 g/mol. The average Bonchev–Trinajstić information content (AvgIpc) is 3.28. The number of carbonyl (C=O) groups excluding carboxylic acids is 1. The van der Waals surface area contributed by atoms with Crippen LogP contribution in [0.5, 0.6) is 0 Å². The maximum absolute atomic E-state index is 13.1. The molecule has 1 saturated heterocycles. The highest BCUT2D eigenvalue weighted by Crippen LogP contribution is 2.36. The van der Waals surface area contributed by atoms with Crippen molar-refractivity contribution in [2.24, 2.45) is 0 Å². The Hall–Kier alpha value is -2.70. The van der Waals surface area contributed by atoms with Gasteiger partial charge in [0.05, 0.1) is 10.6 Å². The van der Waals surface area contributed by atoms with E-state index in [-0.39, 0.29) is 5.91 Å². The summed E-state index contributed by atoms with van der Waals surface area (Å²) in [6.45, 7) is 9.12. The maximum atomic E-state index is 13.1. The number of benzene rings is 2. The second-order valence-electron chi connectivity index (χ2n) is 8.17. The second-order valence-corrected chi connectivity index (χ2v) is 9.85. The Morgan fingerprint density at radius 2 is 1.78 bits per heavy atom. The lowest BCUT2D eigenvalue weighted by Gasteiger charge is -2.13. The molecule has 0 bridgehead atoms. The van der Waals surface area contributed by atoms with Gasteiger partial charge in [0.15, 0.2) is 0 Å². The summed E-state index contributed by atoms with van der Waals surface area (Å²) >= 11 is 6.87. The number of rotatable bonds is 6. The number of carbonyl (C=O) groups is 1. The lowest BCUT2D eigenvalue weighted by atomic mass is 9.95. The largest absolute Gasteiger partial charge is 0.293 e. The van der Waals surface area contributed by atoms with E-state index in [9.17, 15) is 4.79 Å². The number of aryl methyl sites for hydroxylation is 3. The zero-order chi connectivity index (χ0) is 22.8. The maximum Gasteiger partial charge on any atom is 0.266 e. The predicted octanol–water partition coefficient (Wildman–Crippen LogP) is 6.47. The van der Waals surface area contributed by atoms with Crippen molar-refractivity contribution in [3.8, 4) is 16.9 Å². The molecule has 0 radical (unpaired) electrons. The van der Waals surface area contributed by atoms with E-state index >= 15 is 0 Å². The van der Waals surface area contributed by atoms with Crippen molar-refractivity contribution in [3.63, 3.8) is 0 Å². The molecule has 1 amide bonds. The van der Waals surface area contributed by atoms with Gasteiger partial charge in [-0.1, -0.05) is 73.2 Å². The van der Waals surface area contributed by atoms with Crippen LogP contribution in [0.2, 0.25) is 0 Å². The smallest absolute Gasteiger partial charge is 0.266 e. The molecular weight excluding hydrogens is 434 g/mol. The summed E-state index contributed by atoms with van der Waals surface area (Å²) < 4.78 is 2.52. The Bertz CT molecular complexity index is 1190. The molecule has 1 aromatic heterocycles. The molecule has 6 heteroatoms. The van der Waals surface area contributed by atoms with Gasteiger partial charge in [-0.2, -0.15) is 5.10 Å². The van der Waals surface area contributed by atoms with Crippen LogP contribution in [0.25, 0.3) is 23.0 Å². The molecule has 1 fully saturated rings. The summed E-state index contributed by atoms with van der Waals surface area (Å²) in [6, 6.07) is 14.4. The number of nitrogens with zero attached hydrogens (tertiary/aromatic N) is 3. The van der Waals surface area contributed by atoms with Gasteiger partial charge >= 0.3 is 0 Å². The highest BCUT2D eigenvalue weighted by atomic mass is 32.2. The van der Waals surface area contributed by atoms with Gasteiger partial charge < -0.3 is 0 Å². The van der Waals surface area contributed by atoms with Gasteiger partial charge in [-0.3, -0.25) is 9.69 Å². The fourth-order valence-electron chi connectivity index (χ4n) is 4.10. The Morgan fingerprint density at radius 3 is 2.44 bits per heavy atom. The fraction of sp³-hybridized carbons (Fsp3) is 0.269. The van der Waals surface area contributed by atoms with Crippen molar-refractivity contribution < 1.29 is 4.79 Å². The molecule has 2 heterocycles. The molecule has 4 rings (SSSR count). The Kier molecular flexibility index (Phi) is 6.63. The molecule has 0 atom stereocenters. The standard InChI is InChI=1S/C26H27N3OS2/c1-5-6-12-28-25(30)22(32-26(28)31)15-20-16-29(21-10-8-7-9-11-21)27-24(20)23-18(3)13-17(2)14-19(23)4/h7-11,13-16H,5-6,12H2,1-4H3/b22-15-. The molecule has 0 spiro atoms. The lowest BCUT2D eigenvalue weighted by Crippen LogP contribution is -2.28. The summed E-state index contributed by atoms with van der Waals surface area (Å²) in [5.41, 5.74) is 7.45. The number of para-hydroxylation sites is 1. The van der Waals surface area contributed by atoms with Gasteiger partial charge in [-0.25, -0.2) is 4.68 Å². The van der Waals surface area contributed by atoms with Crippen molar-refractivity contribution in [1.29, 1.82) is 0 Å². The van der Waals surface area contributed by atoms with E-state index in [2.05, 4.69) is 39.8 Å². The SMILES string of the molecule is CCCCN1C(=O)/C(=C/c2cn(-c3ccccc3)nc2-c2c(C)cc(C)cc2C)SC1=S. The highest BCUT2D eigenvalue weighted by molar-refractivity contribution is 8.26. The molecule has 0 saturated carbocycles. The van der Waals surface area contributed by atoms with Crippen molar-refractivity contribution in [2.45, 2.75) is 40.5 Å². The summed E-state index contributed by atoms with van der Waals surface area (Å²) in [5.74, 6) is -0.00999. The minimum Gasteiger partial charge on any atom is -0.293 e. The lowest BCUT2D eigenvalue weighted by molar-refractivity contribution is -0.122. The predicted molar refractivity (Wildman–Crippen MR) is 138 cm³/mol. The van der Waals surface area contributed by atoms with Gasteiger partial charge in [-0.05, 0) is 56.5 Å². The number of aromatic nitrogens is 2. The van der Waals surface area contributed by atoms with Gasteiger partial charge in [0.25, 0.3) is 5.91 Å². The molecule has 2 aromatic carbocycles. The first-order valence-electron chi connectivity index (χ1n) is 10.9. The summed E-state index contributed by atoms with van der Waals surface area (Å²) in [7, 11) is 0. The van der Waals surface area contributed by atoms with Crippen molar-refractivity contribution in [1.82, 2.24) is 14.7 Å². The first kappa shape index (κ1) is 22.5. The van der Waals surface area contributed by atoms with E-state index < -0.39 is 0 Å². The van der Waals surface area contributed by atoms with E-state index in [1.807, 2.05) is 47.3 Å². The van der Waals surface area contributed by atoms with Crippen LogP contribution in [0.4, 0.5) is 0 Å². The summed E-state index contributed by atoms with van der Waals surface area (Å²) in [4.78, 5) is 15.4. The number of amides is 1. The monoisotopic (exact) mass is 461 g/mol. The van der Waals surface area contributed by atoms with E-state index in [4.69, 9.17) is 17.3 Å². The zero-order valence-electron chi connectivity index (χ0n) is 18.9. The minimum atomic E-state index is -0.00999. The van der Waals surface area contributed by atoms with Crippen molar-refractivity contribution in [3.05, 3.63) is 75.8 Å². The third-order valence-electron chi connectivity index (χ3n) is 5.57. The molecule has 0 aliphatic carbocycles. The van der Waals surface area contributed by atoms with E-state index in [0.29, 0.717) is 15.8 Å². The minimum absolute atomic E-state index is 0.00999. The Balaban J connectivity index is 1.83. The molecular formula is C26H27N3OS2. The Labute approximate surface area is 199 Å². The first-order valence-corrected chi connectivity index (χ1v) is 12.1. The Morgan fingerprint density at radius 1 is 1.09 bits per heavy atom. The molecule has 164 valence electrons. The van der Waals surface area contributed by atoms with Crippen LogP contribution >= 0.6 is 24.0 Å². The van der Waals surface area contributed by atoms with E-state index in [0.717, 1.165) is 35.3 Å². The van der Waals surface area contributed by atoms with Gasteiger partial charge in [-0.15, -0.1) is 0 Å². The molecule has 32 heavy (non-hydrogen) atoms. The van der Waals surface area contributed by atoms with Crippen LogP contribution in [-0.2, 0) is 4.79 Å². The van der Waals surface area contributed by atoms with Crippen LogP contribution in [0.1, 0.15) is 42.0 Å². The molecule has 0 N–H and O–H groups in total.